The molecule has 1 fully saturated rings. The Morgan fingerprint density at radius 1 is 0.848 bits per heavy atom. The highest BCUT2D eigenvalue weighted by atomic mass is 19.1. The van der Waals surface area contributed by atoms with Gasteiger partial charge in [-0.05, 0) is 43.3 Å². The molecule has 6 nitrogen and oxygen atoms in total. The maximum Gasteiger partial charge on any atom is 0.257 e. The molecule has 5 rings (SSSR count). The summed E-state index contributed by atoms with van der Waals surface area (Å²) in [5.74, 6) is -0.360. The van der Waals surface area contributed by atoms with Gasteiger partial charge in [0.15, 0.2) is 0 Å². The number of rotatable bonds is 4. The van der Waals surface area contributed by atoms with Crippen LogP contribution in [0.2, 0.25) is 0 Å². The standard InChI is InChI=1S/C26H24FN5O/c1-19-2-4-20(5-3-19)25-24(18-32(29-25)23-8-6-21(27)7-9-23)26(33)31-16-14-30(15-17-31)22-10-12-28-13-11-22/h2-13,18H,14-17H2,1H3. The lowest BCUT2D eigenvalue weighted by molar-refractivity contribution is 0.0747. The Kier molecular flexibility index (Phi) is 5.60. The molecule has 0 N–H and O–H groups in total. The summed E-state index contributed by atoms with van der Waals surface area (Å²) in [6.07, 6.45) is 5.31. The number of anilines is 1. The number of pyridine rings is 1. The molecule has 0 unspecified atom stereocenters. The van der Waals surface area contributed by atoms with Crippen LogP contribution in [-0.4, -0.2) is 51.8 Å². The smallest absolute Gasteiger partial charge is 0.257 e. The number of piperazine rings is 1. The van der Waals surface area contributed by atoms with E-state index in [9.17, 15) is 9.18 Å². The monoisotopic (exact) mass is 441 g/mol. The summed E-state index contributed by atoms with van der Waals surface area (Å²) in [7, 11) is 0. The topological polar surface area (TPSA) is 54.3 Å². The summed E-state index contributed by atoms with van der Waals surface area (Å²) >= 11 is 0. The van der Waals surface area contributed by atoms with E-state index in [4.69, 9.17) is 5.10 Å². The molecule has 1 aliphatic rings. The van der Waals surface area contributed by atoms with E-state index in [1.807, 2.05) is 48.2 Å². The second-order valence-corrected chi connectivity index (χ2v) is 8.16. The number of aryl methyl sites for hydroxylation is 1. The minimum absolute atomic E-state index is 0.0479. The fourth-order valence-corrected chi connectivity index (χ4v) is 4.07. The van der Waals surface area contributed by atoms with Crippen LogP contribution in [0.4, 0.5) is 10.1 Å². The van der Waals surface area contributed by atoms with Gasteiger partial charge in [0.25, 0.3) is 5.91 Å². The first-order valence-electron chi connectivity index (χ1n) is 11.0. The minimum Gasteiger partial charge on any atom is -0.368 e. The minimum atomic E-state index is -0.312. The van der Waals surface area contributed by atoms with Crippen LogP contribution < -0.4 is 4.90 Å². The summed E-state index contributed by atoms with van der Waals surface area (Å²) in [6.45, 7) is 4.77. The highest BCUT2D eigenvalue weighted by Crippen LogP contribution is 2.26. The van der Waals surface area contributed by atoms with Gasteiger partial charge in [0.2, 0.25) is 0 Å². The first-order valence-corrected chi connectivity index (χ1v) is 11.0. The molecule has 1 saturated heterocycles. The predicted octanol–water partition coefficient (Wildman–Crippen LogP) is 4.34. The normalized spacial score (nSPS) is 13.9. The average Bonchev–Trinajstić information content (AvgIpc) is 3.30. The van der Waals surface area contributed by atoms with Crippen molar-refractivity contribution in [1.82, 2.24) is 19.7 Å². The Balaban J connectivity index is 1.44. The van der Waals surface area contributed by atoms with E-state index in [1.54, 1.807) is 35.4 Å². The van der Waals surface area contributed by atoms with Gasteiger partial charge in [-0.15, -0.1) is 0 Å². The molecule has 0 atom stereocenters. The second kappa shape index (κ2) is 8.86. The number of carbonyl (C=O) groups is 1. The zero-order valence-corrected chi connectivity index (χ0v) is 18.4. The summed E-state index contributed by atoms with van der Waals surface area (Å²) in [6, 6.07) is 18.0. The lowest BCUT2D eigenvalue weighted by Gasteiger charge is -2.36. The molecule has 3 heterocycles. The third kappa shape index (κ3) is 4.35. The second-order valence-electron chi connectivity index (χ2n) is 8.16. The maximum atomic E-state index is 13.6. The van der Waals surface area contributed by atoms with Crippen molar-refractivity contribution in [3.8, 4) is 16.9 Å². The van der Waals surface area contributed by atoms with Crippen LogP contribution in [0.15, 0.2) is 79.3 Å². The molecule has 0 radical (unpaired) electrons. The van der Waals surface area contributed by atoms with Crippen LogP contribution in [0.5, 0.6) is 0 Å². The molecule has 1 aliphatic heterocycles. The van der Waals surface area contributed by atoms with Crippen LogP contribution in [0.25, 0.3) is 16.9 Å². The van der Waals surface area contributed by atoms with Crippen molar-refractivity contribution >= 4 is 11.6 Å². The lowest BCUT2D eigenvalue weighted by Crippen LogP contribution is -2.48. The SMILES string of the molecule is Cc1ccc(-c2nn(-c3ccc(F)cc3)cc2C(=O)N2CCN(c3ccncc3)CC2)cc1. The van der Waals surface area contributed by atoms with Crippen molar-refractivity contribution in [2.75, 3.05) is 31.1 Å². The van der Waals surface area contributed by atoms with Gasteiger partial charge < -0.3 is 9.80 Å². The fourth-order valence-electron chi connectivity index (χ4n) is 4.07. The van der Waals surface area contributed by atoms with E-state index >= 15 is 0 Å². The zero-order chi connectivity index (χ0) is 22.8. The van der Waals surface area contributed by atoms with Gasteiger partial charge in [-0.2, -0.15) is 5.10 Å². The Hall–Kier alpha value is -4.00. The Bertz CT molecular complexity index is 1240. The van der Waals surface area contributed by atoms with Crippen LogP contribution in [-0.2, 0) is 0 Å². The van der Waals surface area contributed by atoms with Crippen LogP contribution >= 0.6 is 0 Å². The largest absolute Gasteiger partial charge is 0.368 e. The van der Waals surface area contributed by atoms with E-state index in [0.29, 0.717) is 30.0 Å². The van der Waals surface area contributed by atoms with Crippen molar-refractivity contribution in [2.24, 2.45) is 0 Å². The van der Waals surface area contributed by atoms with Gasteiger partial charge in [-0.3, -0.25) is 9.78 Å². The van der Waals surface area contributed by atoms with E-state index in [2.05, 4.69) is 9.88 Å². The van der Waals surface area contributed by atoms with Gasteiger partial charge >= 0.3 is 0 Å². The highest BCUT2D eigenvalue weighted by molar-refractivity contribution is 6.00. The molecule has 7 heteroatoms. The van der Waals surface area contributed by atoms with Crippen molar-refractivity contribution in [2.45, 2.75) is 6.92 Å². The van der Waals surface area contributed by atoms with E-state index in [0.717, 1.165) is 29.9 Å². The number of aromatic nitrogens is 3. The van der Waals surface area contributed by atoms with E-state index < -0.39 is 0 Å². The molecule has 0 saturated carbocycles. The van der Waals surface area contributed by atoms with Crippen molar-refractivity contribution < 1.29 is 9.18 Å². The van der Waals surface area contributed by atoms with Gasteiger partial charge in [-0.1, -0.05) is 29.8 Å². The molecule has 2 aromatic heterocycles. The zero-order valence-electron chi connectivity index (χ0n) is 18.4. The molecule has 0 aliphatic carbocycles. The van der Waals surface area contributed by atoms with Gasteiger partial charge in [0.05, 0.1) is 11.3 Å². The van der Waals surface area contributed by atoms with Crippen molar-refractivity contribution in [3.05, 3.63) is 96.2 Å². The van der Waals surface area contributed by atoms with E-state index in [-0.39, 0.29) is 11.7 Å². The fraction of sp³-hybridized carbons (Fsp3) is 0.192. The molecular formula is C26H24FN5O. The Labute approximate surface area is 191 Å². The first kappa shape index (κ1) is 20.9. The number of hydrogen-bond acceptors (Lipinski definition) is 4. The summed E-state index contributed by atoms with van der Waals surface area (Å²) in [5, 5.41) is 4.72. The summed E-state index contributed by atoms with van der Waals surface area (Å²) in [5.41, 5.74) is 4.99. The molecular weight excluding hydrogens is 417 g/mol. The highest BCUT2D eigenvalue weighted by Gasteiger charge is 2.27. The lowest BCUT2D eigenvalue weighted by atomic mass is 10.1. The third-order valence-electron chi connectivity index (χ3n) is 5.96. The number of benzene rings is 2. The molecule has 33 heavy (non-hydrogen) atoms. The van der Waals surface area contributed by atoms with Crippen LogP contribution in [0.1, 0.15) is 15.9 Å². The van der Waals surface area contributed by atoms with Crippen LogP contribution in [0, 0.1) is 12.7 Å². The third-order valence-corrected chi connectivity index (χ3v) is 5.96. The van der Waals surface area contributed by atoms with Gasteiger partial charge in [-0.25, -0.2) is 9.07 Å². The first-order chi connectivity index (χ1) is 16.1. The molecule has 1 amide bonds. The molecule has 0 spiro atoms. The number of hydrogen-bond donors (Lipinski definition) is 0. The number of amides is 1. The summed E-state index contributed by atoms with van der Waals surface area (Å²) < 4.78 is 15.1. The number of carbonyl (C=O) groups excluding carboxylic acids is 1. The molecule has 0 bridgehead atoms. The average molecular weight is 442 g/mol. The maximum absolute atomic E-state index is 13.6. The van der Waals surface area contributed by atoms with Gasteiger partial charge in [0, 0.05) is 56.0 Å². The predicted molar refractivity (Wildman–Crippen MR) is 126 cm³/mol. The van der Waals surface area contributed by atoms with Crippen LogP contribution in [0.3, 0.4) is 0 Å². The van der Waals surface area contributed by atoms with E-state index in [1.165, 1.54) is 12.1 Å². The molecule has 166 valence electrons. The molecule has 4 aromatic rings. The number of halogens is 1. The molecule has 2 aromatic carbocycles. The Morgan fingerprint density at radius 2 is 1.52 bits per heavy atom. The van der Waals surface area contributed by atoms with Crippen molar-refractivity contribution in [1.29, 1.82) is 0 Å². The Morgan fingerprint density at radius 3 is 2.18 bits per heavy atom. The van der Waals surface area contributed by atoms with Gasteiger partial charge in [0.1, 0.15) is 11.5 Å². The number of nitrogens with zero attached hydrogens (tertiary/aromatic N) is 5. The summed E-state index contributed by atoms with van der Waals surface area (Å²) in [4.78, 5) is 21.8. The van der Waals surface area contributed by atoms with Crippen molar-refractivity contribution in [3.63, 3.8) is 0 Å². The quantitative estimate of drug-likeness (QED) is 0.473.